The third kappa shape index (κ3) is 1.96. The lowest BCUT2D eigenvalue weighted by atomic mass is 10.3. The van der Waals surface area contributed by atoms with E-state index in [2.05, 4.69) is 20.9 Å². The van der Waals surface area contributed by atoms with E-state index in [0.29, 0.717) is 0 Å². The molecular formula is C9H6BrNO4S. The van der Waals surface area contributed by atoms with Gasteiger partial charge in [-0.25, -0.2) is 13.4 Å². The maximum absolute atomic E-state index is 11.5. The third-order valence-electron chi connectivity index (χ3n) is 1.80. The van der Waals surface area contributed by atoms with Gasteiger partial charge in [0.15, 0.2) is 0 Å². The van der Waals surface area contributed by atoms with Gasteiger partial charge in [-0.15, -0.1) is 0 Å². The minimum absolute atomic E-state index is 0.0335. The topological polar surface area (TPSA) is 76.0 Å². The van der Waals surface area contributed by atoms with Crippen LogP contribution in [0, 0.1) is 0 Å². The second kappa shape index (κ2) is 3.91. The summed E-state index contributed by atoms with van der Waals surface area (Å²) in [5, 5.41) is 8.66. The zero-order valence-electron chi connectivity index (χ0n) is 7.79. The van der Waals surface area contributed by atoms with Gasteiger partial charge in [0, 0.05) is 0 Å². The molecule has 1 aliphatic rings. The minimum Gasteiger partial charge on any atom is -0.508 e. The van der Waals surface area contributed by atoms with Crippen LogP contribution in [-0.2, 0) is 9.84 Å². The molecule has 0 saturated carbocycles. The fourth-order valence-electron chi connectivity index (χ4n) is 1.02. The number of sulfone groups is 1. The van der Waals surface area contributed by atoms with Crippen molar-refractivity contribution < 1.29 is 18.3 Å². The second-order valence-electron chi connectivity index (χ2n) is 2.93. The highest BCUT2D eigenvalue weighted by atomic mass is 79.9. The first-order valence-electron chi connectivity index (χ1n) is 4.15. The summed E-state index contributed by atoms with van der Waals surface area (Å²) in [6, 6.07) is 5.67. The van der Waals surface area contributed by atoms with Crippen molar-refractivity contribution in [3.63, 3.8) is 0 Å². The standard InChI is InChI=1S/C9H6BrNO4S/c10-8-5-11-9(16(8,13)14)15-7-3-1-6(12)2-4-7/h1-5,12H. The molecule has 2 rings (SSSR count). The molecule has 16 heavy (non-hydrogen) atoms. The number of halogens is 1. The quantitative estimate of drug-likeness (QED) is 0.857. The lowest BCUT2D eigenvalue weighted by molar-refractivity contribution is 0.473. The number of aromatic hydroxyl groups is 1. The Morgan fingerprint density at radius 3 is 2.38 bits per heavy atom. The molecule has 0 aromatic heterocycles. The monoisotopic (exact) mass is 303 g/mol. The van der Waals surface area contributed by atoms with E-state index in [4.69, 9.17) is 9.84 Å². The Bertz CT molecular complexity index is 574. The van der Waals surface area contributed by atoms with Crippen LogP contribution in [-0.4, -0.2) is 18.8 Å². The van der Waals surface area contributed by atoms with Crippen molar-refractivity contribution in [1.29, 1.82) is 0 Å². The number of hydrogen-bond acceptors (Lipinski definition) is 5. The zero-order chi connectivity index (χ0) is 11.8. The molecule has 7 heteroatoms. The van der Waals surface area contributed by atoms with Gasteiger partial charge >= 0.3 is 5.23 Å². The fraction of sp³-hybridized carbons (Fsp3) is 0. The van der Waals surface area contributed by atoms with E-state index in [1.54, 1.807) is 0 Å². The summed E-state index contributed by atoms with van der Waals surface area (Å²) in [4.78, 5) is 3.62. The highest BCUT2D eigenvalue weighted by Crippen LogP contribution is 2.25. The molecule has 1 N–H and O–H groups in total. The van der Waals surface area contributed by atoms with Crippen LogP contribution in [0.1, 0.15) is 0 Å². The van der Waals surface area contributed by atoms with Gasteiger partial charge in [0.1, 0.15) is 15.3 Å². The predicted octanol–water partition coefficient (Wildman–Crippen LogP) is 1.75. The molecule has 0 saturated heterocycles. The Morgan fingerprint density at radius 2 is 1.88 bits per heavy atom. The van der Waals surface area contributed by atoms with Crippen LogP contribution in [0.5, 0.6) is 11.5 Å². The van der Waals surface area contributed by atoms with Crippen molar-refractivity contribution in [2.45, 2.75) is 0 Å². The van der Waals surface area contributed by atoms with Gasteiger partial charge in [-0.3, -0.25) is 0 Å². The molecule has 0 aliphatic carbocycles. The lowest BCUT2D eigenvalue weighted by Gasteiger charge is -2.04. The molecule has 1 aromatic carbocycles. The van der Waals surface area contributed by atoms with Crippen LogP contribution >= 0.6 is 15.9 Å². The molecule has 5 nitrogen and oxygen atoms in total. The summed E-state index contributed by atoms with van der Waals surface area (Å²) in [6.07, 6.45) is 1.16. The number of phenols is 1. The van der Waals surface area contributed by atoms with Crippen molar-refractivity contribution >= 4 is 31.0 Å². The molecule has 1 aliphatic heterocycles. The van der Waals surface area contributed by atoms with Gasteiger partial charge in [-0.05, 0) is 40.2 Å². The summed E-state index contributed by atoms with van der Waals surface area (Å²) in [7, 11) is -3.63. The van der Waals surface area contributed by atoms with Gasteiger partial charge in [0.25, 0.3) is 9.84 Å². The van der Waals surface area contributed by atoms with E-state index in [1.165, 1.54) is 24.3 Å². The first kappa shape index (κ1) is 11.2. The van der Waals surface area contributed by atoms with Crippen molar-refractivity contribution in [2.75, 3.05) is 0 Å². The first-order chi connectivity index (χ1) is 7.50. The van der Waals surface area contributed by atoms with Crippen LogP contribution in [0.2, 0.25) is 0 Å². The molecule has 0 atom stereocenters. The van der Waals surface area contributed by atoms with Crippen LogP contribution in [0.3, 0.4) is 0 Å². The predicted molar refractivity (Wildman–Crippen MR) is 62.1 cm³/mol. The van der Waals surface area contributed by atoms with Crippen molar-refractivity contribution in [2.24, 2.45) is 4.99 Å². The van der Waals surface area contributed by atoms with E-state index in [0.717, 1.165) is 6.20 Å². The van der Waals surface area contributed by atoms with Crippen molar-refractivity contribution in [3.05, 3.63) is 34.3 Å². The fourth-order valence-corrected chi connectivity index (χ4v) is 2.30. The SMILES string of the molecule is O=S1(=O)C(Br)=CN=C1Oc1ccc(O)cc1. The van der Waals surface area contributed by atoms with Gasteiger partial charge in [-0.2, -0.15) is 0 Å². The Balaban J connectivity index is 2.23. The van der Waals surface area contributed by atoms with Crippen LogP contribution < -0.4 is 4.74 Å². The maximum atomic E-state index is 11.5. The molecule has 84 valence electrons. The van der Waals surface area contributed by atoms with Gasteiger partial charge in [-0.1, -0.05) is 0 Å². The Kier molecular flexibility index (Phi) is 2.73. The third-order valence-corrected chi connectivity index (χ3v) is 4.55. The van der Waals surface area contributed by atoms with E-state index >= 15 is 0 Å². The van der Waals surface area contributed by atoms with Gasteiger partial charge < -0.3 is 9.84 Å². The molecule has 1 aromatic rings. The maximum Gasteiger partial charge on any atom is 0.320 e. The normalized spacial score (nSPS) is 17.8. The molecule has 0 fully saturated rings. The summed E-state index contributed by atoms with van der Waals surface area (Å²) in [5.41, 5.74) is 0. The molecular weight excluding hydrogens is 298 g/mol. The molecule has 0 unspecified atom stereocenters. The molecule has 1 heterocycles. The van der Waals surface area contributed by atoms with E-state index in [1.807, 2.05) is 0 Å². The summed E-state index contributed by atoms with van der Waals surface area (Å²) >= 11 is 2.86. The summed E-state index contributed by atoms with van der Waals surface area (Å²) in [5.74, 6) is 0.360. The highest BCUT2D eigenvalue weighted by molar-refractivity contribution is 9.14. The molecule has 0 spiro atoms. The van der Waals surface area contributed by atoms with Gasteiger partial charge in [0.2, 0.25) is 0 Å². The van der Waals surface area contributed by atoms with E-state index < -0.39 is 9.84 Å². The smallest absolute Gasteiger partial charge is 0.320 e. The molecule has 0 radical (unpaired) electrons. The molecule has 0 bridgehead atoms. The van der Waals surface area contributed by atoms with Crippen LogP contribution in [0.4, 0.5) is 0 Å². The Morgan fingerprint density at radius 1 is 1.25 bits per heavy atom. The first-order valence-corrected chi connectivity index (χ1v) is 6.43. The molecule has 0 amide bonds. The number of phenolic OH excluding ortho intramolecular Hbond substituents is 1. The Labute approximate surface area is 100 Å². The number of rotatable bonds is 1. The van der Waals surface area contributed by atoms with E-state index in [9.17, 15) is 8.42 Å². The van der Waals surface area contributed by atoms with Crippen LogP contribution in [0.15, 0.2) is 39.3 Å². The highest BCUT2D eigenvalue weighted by Gasteiger charge is 2.30. The average molecular weight is 304 g/mol. The number of aliphatic imine (C=N–C) groups is 1. The van der Waals surface area contributed by atoms with Crippen molar-refractivity contribution in [1.82, 2.24) is 0 Å². The number of nitrogens with zero attached hydrogens (tertiary/aromatic N) is 1. The van der Waals surface area contributed by atoms with Gasteiger partial charge in [0.05, 0.1) is 6.20 Å². The summed E-state index contributed by atoms with van der Waals surface area (Å²) < 4.78 is 28.1. The van der Waals surface area contributed by atoms with E-state index in [-0.39, 0.29) is 20.5 Å². The lowest BCUT2D eigenvalue weighted by Crippen LogP contribution is -2.17. The van der Waals surface area contributed by atoms with Crippen molar-refractivity contribution in [3.8, 4) is 11.5 Å². The largest absolute Gasteiger partial charge is 0.508 e. The average Bonchev–Trinajstić information content (AvgIpc) is 2.48. The second-order valence-corrected chi connectivity index (χ2v) is 6.10. The zero-order valence-corrected chi connectivity index (χ0v) is 10.2. The van der Waals surface area contributed by atoms with Crippen LogP contribution in [0.25, 0.3) is 0 Å². The number of ether oxygens (including phenoxy) is 1. The number of hydrogen-bond donors (Lipinski definition) is 1. The number of benzene rings is 1. The summed E-state index contributed by atoms with van der Waals surface area (Å²) in [6.45, 7) is 0. The Hall–Kier alpha value is -1.34. The minimum atomic E-state index is -3.63.